The normalized spacial score (nSPS) is 11.2. The first kappa shape index (κ1) is 17.6. The second-order valence-corrected chi connectivity index (χ2v) is 6.22. The maximum atomic E-state index is 12.2. The number of carbonyl (C=O) groups excluding carboxylic acids is 2. The minimum absolute atomic E-state index is 0.0716. The average Bonchev–Trinajstić information content (AvgIpc) is 3.16. The van der Waals surface area contributed by atoms with E-state index in [0.717, 1.165) is 11.3 Å². The minimum Gasteiger partial charge on any atom is -0.545 e. The van der Waals surface area contributed by atoms with Gasteiger partial charge in [-0.3, -0.25) is 0 Å². The molecular formula is C20H14NO4S-. The fourth-order valence-corrected chi connectivity index (χ4v) is 3.17. The summed E-state index contributed by atoms with van der Waals surface area (Å²) < 4.78 is 4.87. The molecule has 1 aromatic heterocycles. The summed E-state index contributed by atoms with van der Waals surface area (Å²) in [7, 11) is 1.31. The van der Waals surface area contributed by atoms with Gasteiger partial charge in [-0.05, 0) is 17.2 Å². The van der Waals surface area contributed by atoms with Crippen molar-refractivity contribution in [3.8, 4) is 11.3 Å². The van der Waals surface area contributed by atoms with Crippen molar-refractivity contribution in [3.05, 3.63) is 76.1 Å². The van der Waals surface area contributed by atoms with Crippen molar-refractivity contribution in [1.82, 2.24) is 4.98 Å². The zero-order chi connectivity index (χ0) is 18.5. The lowest BCUT2D eigenvalue weighted by Crippen LogP contribution is -2.21. The van der Waals surface area contributed by atoms with Crippen molar-refractivity contribution in [1.29, 1.82) is 0 Å². The lowest BCUT2D eigenvalue weighted by molar-refractivity contribution is -0.255. The Labute approximate surface area is 154 Å². The molecule has 0 aliphatic rings. The third-order valence-corrected chi connectivity index (χ3v) is 4.54. The predicted molar refractivity (Wildman–Crippen MR) is 98.2 cm³/mol. The number of hydrogen-bond acceptors (Lipinski definition) is 6. The van der Waals surface area contributed by atoms with Crippen LogP contribution < -0.4 is 5.11 Å². The van der Waals surface area contributed by atoms with E-state index in [2.05, 4.69) is 4.98 Å². The molecule has 0 aliphatic heterocycles. The lowest BCUT2D eigenvalue weighted by Gasteiger charge is -2.05. The van der Waals surface area contributed by atoms with Gasteiger partial charge in [-0.1, -0.05) is 54.6 Å². The van der Waals surface area contributed by atoms with E-state index in [1.54, 1.807) is 18.2 Å². The van der Waals surface area contributed by atoms with Crippen LogP contribution in [0.15, 0.2) is 60.0 Å². The van der Waals surface area contributed by atoms with Gasteiger partial charge in [-0.15, -0.1) is 11.3 Å². The van der Waals surface area contributed by atoms with E-state index in [-0.39, 0.29) is 5.56 Å². The first-order valence-electron chi connectivity index (χ1n) is 7.71. The molecule has 0 amide bonds. The first-order valence-corrected chi connectivity index (χ1v) is 8.59. The van der Waals surface area contributed by atoms with Gasteiger partial charge in [0.25, 0.3) is 0 Å². The molecule has 130 valence electrons. The molecule has 0 spiro atoms. The van der Waals surface area contributed by atoms with E-state index in [9.17, 15) is 14.7 Å². The quantitative estimate of drug-likeness (QED) is 0.514. The maximum Gasteiger partial charge on any atom is 0.340 e. The van der Waals surface area contributed by atoms with Crippen molar-refractivity contribution in [2.24, 2.45) is 0 Å². The zero-order valence-electron chi connectivity index (χ0n) is 13.8. The molecule has 0 unspecified atom stereocenters. The highest BCUT2D eigenvalue weighted by molar-refractivity contribution is 7.11. The van der Waals surface area contributed by atoms with Gasteiger partial charge < -0.3 is 14.6 Å². The average molecular weight is 364 g/mol. The van der Waals surface area contributed by atoms with Crippen LogP contribution >= 0.6 is 11.3 Å². The zero-order valence-corrected chi connectivity index (χ0v) is 14.7. The van der Waals surface area contributed by atoms with Crippen molar-refractivity contribution in [3.63, 3.8) is 0 Å². The Bertz CT molecular complexity index is 959. The van der Waals surface area contributed by atoms with Crippen molar-refractivity contribution >= 4 is 34.9 Å². The van der Waals surface area contributed by atoms with Crippen LogP contribution in [0.1, 0.15) is 20.9 Å². The van der Waals surface area contributed by atoms with Crippen LogP contribution in [0, 0.1) is 0 Å². The van der Waals surface area contributed by atoms with Crippen LogP contribution in [-0.2, 0) is 9.53 Å². The number of benzene rings is 2. The van der Waals surface area contributed by atoms with Gasteiger partial charge in [0.2, 0.25) is 0 Å². The molecule has 0 radical (unpaired) electrons. The second kappa shape index (κ2) is 7.76. The SMILES string of the molecule is COC(=O)/C(=C\c1ccc(C(=O)[O-])cc1)c1nc(-c2ccccc2)cs1. The highest BCUT2D eigenvalue weighted by Crippen LogP contribution is 2.28. The number of carboxylic acids is 1. The number of carbonyl (C=O) groups is 2. The summed E-state index contributed by atoms with van der Waals surface area (Å²) in [5.41, 5.74) is 2.76. The summed E-state index contributed by atoms with van der Waals surface area (Å²) in [4.78, 5) is 27.6. The monoisotopic (exact) mass is 364 g/mol. The molecule has 0 saturated heterocycles. The Morgan fingerprint density at radius 1 is 1.08 bits per heavy atom. The Hall–Kier alpha value is -3.25. The molecule has 6 heteroatoms. The van der Waals surface area contributed by atoms with Gasteiger partial charge in [0.05, 0.1) is 24.3 Å². The van der Waals surface area contributed by atoms with Crippen molar-refractivity contribution in [2.45, 2.75) is 0 Å². The fourth-order valence-electron chi connectivity index (χ4n) is 2.34. The summed E-state index contributed by atoms with van der Waals surface area (Å²) >= 11 is 1.34. The van der Waals surface area contributed by atoms with Crippen LogP contribution in [0.4, 0.5) is 0 Å². The third kappa shape index (κ3) is 3.87. The van der Waals surface area contributed by atoms with Gasteiger partial charge in [0.15, 0.2) is 0 Å². The molecule has 3 aromatic rings. The van der Waals surface area contributed by atoms with E-state index >= 15 is 0 Å². The molecule has 0 atom stereocenters. The molecule has 0 N–H and O–H groups in total. The fraction of sp³-hybridized carbons (Fsp3) is 0.0500. The topological polar surface area (TPSA) is 79.3 Å². The van der Waals surface area contributed by atoms with Crippen LogP contribution in [0.2, 0.25) is 0 Å². The second-order valence-electron chi connectivity index (χ2n) is 5.36. The van der Waals surface area contributed by atoms with E-state index < -0.39 is 11.9 Å². The van der Waals surface area contributed by atoms with E-state index in [4.69, 9.17) is 4.74 Å². The molecule has 0 aliphatic carbocycles. The molecule has 26 heavy (non-hydrogen) atoms. The van der Waals surface area contributed by atoms with Gasteiger partial charge >= 0.3 is 5.97 Å². The van der Waals surface area contributed by atoms with Crippen LogP contribution in [0.25, 0.3) is 22.9 Å². The standard InChI is InChI=1S/C20H15NO4S/c1-25-20(24)16(11-13-7-9-15(10-8-13)19(22)23)18-21-17(12-26-18)14-5-3-2-4-6-14/h2-12H,1H3,(H,22,23)/p-1/b16-11-. The van der Waals surface area contributed by atoms with Crippen molar-refractivity contribution < 1.29 is 19.4 Å². The summed E-state index contributed by atoms with van der Waals surface area (Å²) in [6, 6.07) is 15.7. The molecule has 3 rings (SSSR count). The van der Waals surface area contributed by atoms with Crippen LogP contribution in [0.5, 0.6) is 0 Å². The highest BCUT2D eigenvalue weighted by Gasteiger charge is 2.17. The Morgan fingerprint density at radius 2 is 1.77 bits per heavy atom. The number of hydrogen-bond donors (Lipinski definition) is 0. The summed E-state index contributed by atoms with van der Waals surface area (Å²) in [6.45, 7) is 0. The summed E-state index contributed by atoms with van der Waals surface area (Å²) in [5.74, 6) is -1.76. The maximum absolute atomic E-state index is 12.2. The number of aromatic nitrogens is 1. The third-order valence-electron chi connectivity index (χ3n) is 3.67. The lowest BCUT2D eigenvalue weighted by atomic mass is 10.1. The number of nitrogens with zero attached hydrogens (tertiary/aromatic N) is 1. The van der Waals surface area contributed by atoms with Gasteiger partial charge in [-0.25, -0.2) is 9.78 Å². The Morgan fingerprint density at radius 3 is 2.38 bits per heavy atom. The van der Waals surface area contributed by atoms with E-state index in [1.165, 1.54) is 30.6 Å². The Kier molecular flexibility index (Phi) is 5.24. The molecule has 0 bridgehead atoms. The predicted octanol–water partition coefficient (Wildman–Crippen LogP) is 2.89. The molecular weight excluding hydrogens is 350 g/mol. The smallest absolute Gasteiger partial charge is 0.340 e. The van der Waals surface area contributed by atoms with Crippen molar-refractivity contribution in [2.75, 3.05) is 7.11 Å². The first-order chi connectivity index (χ1) is 12.6. The van der Waals surface area contributed by atoms with E-state index in [1.807, 2.05) is 35.7 Å². The number of aromatic carboxylic acids is 1. The molecule has 5 nitrogen and oxygen atoms in total. The number of thiazole rings is 1. The largest absolute Gasteiger partial charge is 0.545 e. The molecule has 0 saturated carbocycles. The van der Waals surface area contributed by atoms with Gasteiger partial charge in [-0.2, -0.15) is 0 Å². The van der Waals surface area contributed by atoms with Crippen LogP contribution in [0.3, 0.4) is 0 Å². The molecule has 0 fully saturated rings. The van der Waals surface area contributed by atoms with Crippen LogP contribution in [-0.4, -0.2) is 24.0 Å². The number of carboxylic acid groups (broad SMARTS) is 1. The number of rotatable bonds is 5. The molecule has 2 aromatic carbocycles. The van der Waals surface area contributed by atoms with Gasteiger partial charge in [0.1, 0.15) is 5.01 Å². The Balaban J connectivity index is 1.97. The van der Waals surface area contributed by atoms with E-state index in [0.29, 0.717) is 16.1 Å². The number of esters is 1. The minimum atomic E-state index is -1.25. The summed E-state index contributed by atoms with van der Waals surface area (Å²) in [5, 5.41) is 13.2. The number of ether oxygens (including phenoxy) is 1. The highest BCUT2D eigenvalue weighted by atomic mass is 32.1. The number of methoxy groups -OCH3 is 1. The summed E-state index contributed by atoms with van der Waals surface area (Å²) in [6.07, 6.45) is 1.62. The molecule has 1 heterocycles. The van der Waals surface area contributed by atoms with Gasteiger partial charge in [0, 0.05) is 10.9 Å².